The number of aromatic amines is 1. The van der Waals surface area contributed by atoms with Crippen LogP contribution in [-0.4, -0.2) is 20.2 Å². The van der Waals surface area contributed by atoms with E-state index in [1.165, 1.54) is 0 Å². The van der Waals surface area contributed by atoms with E-state index in [1.807, 2.05) is 0 Å². The summed E-state index contributed by atoms with van der Waals surface area (Å²) >= 11 is 0. The van der Waals surface area contributed by atoms with Crippen LogP contribution in [0, 0.1) is 4.78 Å². The molecule has 0 aliphatic heterocycles. The fraction of sp³-hybridized carbons (Fsp3) is 0.250. The van der Waals surface area contributed by atoms with Crippen LogP contribution >= 0.6 is 0 Å². The molecule has 0 aliphatic carbocycles. The van der Waals surface area contributed by atoms with Crippen LogP contribution in [0.2, 0.25) is 0 Å². The second-order valence-electron chi connectivity index (χ2n) is 1.80. The van der Waals surface area contributed by atoms with Crippen LogP contribution in [0.15, 0.2) is 17.3 Å². The zero-order chi connectivity index (χ0) is 8.48. The van der Waals surface area contributed by atoms with Gasteiger partial charge in [-0.25, -0.2) is 8.99 Å². The van der Waals surface area contributed by atoms with Gasteiger partial charge in [-0.2, -0.15) is 13.9 Å². The molecule has 0 aromatic carbocycles. The van der Waals surface area contributed by atoms with Gasteiger partial charge in [-0.3, -0.25) is 5.10 Å². The van der Waals surface area contributed by atoms with E-state index in [1.54, 1.807) is 0 Å². The minimum Gasteiger partial charge on any atom is -0.284 e. The van der Waals surface area contributed by atoms with E-state index in [-0.39, 0.29) is 4.90 Å². The Bertz CT molecular complexity index is 317. The molecule has 1 aromatic rings. The van der Waals surface area contributed by atoms with Crippen LogP contribution in [0.25, 0.3) is 0 Å². The Kier molecular flexibility index (Phi) is 1.90. The Hall–Kier alpha value is -0.980. The number of hydrogen-bond donors (Lipinski definition) is 2. The Morgan fingerprint density at radius 1 is 1.73 bits per heavy atom. The lowest BCUT2D eigenvalue weighted by atomic mass is 10.7. The lowest BCUT2D eigenvalue weighted by Gasteiger charge is -2.00. The molecular weight excluding hydrogens is 176 g/mol. The molecular formula is C4H5F2N3OS. The number of H-pyrrole nitrogens is 1. The molecule has 7 heteroatoms. The lowest BCUT2D eigenvalue weighted by Crippen LogP contribution is -2.08. The van der Waals surface area contributed by atoms with E-state index in [0.29, 0.717) is 0 Å². The van der Waals surface area contributed by atoms with Gasteiger partial charge in [0, 0.05) is 6.20 Å². The monoisotopic (exact) mass is 181 g/mol. The summed E-state index contributed by atoms with van der Waals surface area (Å²) < 4.78 is 41.3. The molecule has 1 atom stereocenters. The molecule has 0 amide bonds. The van der Waals surface area contributed by atoms with Crippen molar-refractivity contribution in [2.75, 3.05) is 0 Å². The summed E-state index contributed by atoms with van der Waals surface area (Å²) in [4.78, 5) is -0.271. The van der Waals surface area contributed by atoms with Crippen molar-refractivity contribution in [3.8, 4) is 0 Å². The summed E-state index contributed by atoms with van der Waals surface area (Å²) in [5.41, 5.74) is 0. The largest absolute Gasteiger partial charge is 0.323 e. The fourth-order valence-electron chi connectivity index (χ4n) is 0.508. The highest BCUT2D eigenvalue weighted by atomic mass is 32.2. The molecule has 0 bridgehead atoms. The summed E-state index contributed by atoms with van der Waals surface area (Å²) in [5, 5.41) is 5.52. The molecule has 0 saturated heterocycles. The normalized spacial score (nSPS) is 16.6. The quantitative estimate of drug-likeness (QED) is 0.715. The average Bonchev–Trinajstić information content (AvgIpc) is 2.37. The number of aromatic nitrogens is 2. The van der Waals surface area contributed by atoms with E-state index in [2.05, 4.69) is 10.2 Å². The maximum atomic E-state index is 11.9. The topological polar surface area (TPSA) is 69.6 Å². The van der Waals surface area contributed by atoms with Crippen LogP contribution in [0.5, 0.6) is 0 Å². The first-order chi connectivity index (χ1) is 5.05. The van der Waals surface area contributed by atoms with Gasteiger partial charge in [-0.05, 0) is 0 Å². The molecule has 0 spiro atoms. The highest BCUT2D eigenvalue weighted by Gasteiger charge is 2.22. The molecule has 11 heavy (non-hydrogen) atoms. The van der Waals surface area contributed by atoms with Crippen LogP contribution < -0.4 is 0 Å². The second kappa shape index (κ2) is 2.57. The number of nitrogens with zero attached hydrogens (tertiary/aromatic N) is 1. The van der Waals surface area contributed by atoms with Gasteiger partial charge in [-0.1, -0.05) is 0 Å². The molecule has 4 nitrogen and oxygen atoms in total. The predicted octanol–water partition coefficient (Wildman–Crippen LogP) is 1.04. The maximum Gasteiger partial charge on any atom is 0.323 e. The van der Waals surface area contributed by atoms with E-state index >= 15 is 0 Å². The molecule has 0 aliphatic rings. The molecule has 0 saturated carbocycles. The van der Waals surface area contributed by atoms with Crippen molar-refractivity contribution in [2.45, 2.75) is 10.7 Å². The Balaban J connectivity index is 3.12. The SMILES string of the molecule is N=S(=O)(c1cn[nH]c1)C(F)F. The van der Waals surface area contributed by atoms with Gasteiger partial charge in [0.05, 0.1) is 11.1 Å². The van der Waals surface area contributed by atoms with Gasteiger partial charge in [0.15, 0.2) is 0 Å². The minimum absolute atomic E-state index is 0.271. The summed E-state index contributed by atoms with van der Waals surface area (Å²) in [7, 11) is -3.96. The maximum absolute atomic E-state index is 11.9. The van der Waals surface area contributed by atoms with Crippen molar-refractivity contribution >= 4 is 9.73 Å². The first kappa shape index (κ1) is 8.12. The second-order valence-corrected chi connectivity index (χ2v) is 3.82. The summed E-state index contributed by atoms with van der Waals surface area (Å²) in [6, 6.07) is 0. The van der Waals surface area contributed by atoms with Crippen molar-refractivity contribution in [3.63, 3.8) is 0 Å². The summed E-state index contributed by atoms with van der Waals surface area (Å²) in [6.07, 6.45) is 1.99. The zero-order valence-corrected chi connectivity index (χ0v) is 6.07. The van der Waals surface area contributed by atoms with E-state index < -0.39 is 15.5 Å². The molecule has 1 heterocycles. The molecule has 1 rings (SSSR count). The third kappa shape index (κ3) is 1.37. The standard InChI is InChI=1S/C4H5F2N3OS/c5-4(6)11(7,10)3-1-8-9-2-3/h1-2,4,7H,(H,8,9). The van der Waals surface area contributed by atoms with Gasteiger partial charge in [0.2, 0.25) is 0 Å². The minimum atomic E-state index is -3.96. The Morgan fingerprint density at radius 3 is 2.73 bits per heavy atom. The number of hydrogen-bond acceptors (Lipinski definition) is 3. The van der Waals surface area contributed by atoms with Crippen molar-refractivity contribution in [2.24, 2.45) is 0 Å². The van der Waals surface area contributed by atoms with Crippen molar-refractivity contribution in [3.05, 3.63) is 12.4 Å². The van der Waals surface area contributed by atoms with Crippen LogP contribution in [0.3, 0.4) is 0 Å². The van der Waals surface area contributed by atoms with Crippen LogP contribution in [-0.2, 0) is 9.73 Å². The van der Waals surface area contributed by atoms with E-state index in [0.717, 1.165) is 12.4 Å². The smallest absolute Gasteiger partial charge is 0.284 e. The molecule has 62 valence electrons. The Labute approximate surface area is 61.6 Å². The van der Waals surface area contributed by atoms with Crippen molar-refractivity contribution in [1.82, 2.24) is 10.2 Å². The number of halogens is 2. The molecule has 0 fully saturated rings. The molecule has 1 aromatic heterocycles. The molecule has 0 radical (unpaired) electrons. The predicted molar refractivity (Wildman–Crippen MR) is 33.7 cm³/mol. The number of nitrogens with one attached hydrogen (secondary N) is 2. The lowest BCUT2D eigenvalue weighted by molar-refractivity contribution is 0.241. The zero-order valence-electron chi connectivity index (χ0n) is 5.25. The first-order valence-electron chi connectivity index (χ1n) is 2.59. The average molecular weight is 181 g/mol. The summed E-state index contributed by atoms with van der Waals surface area (Å²) in [6.45, 7) is 0. The van der Waals surface area contributed by atoms with Crippen molar-refractivity contribution < 1.29 is 13.0 Å². The van der Waals surface area contributed by atoms with Gasteiger partial charge in [0.25, 0.3) is 0 Å². The third-order valence-electron chi connectivity index (χ3n) is 1.07. The van der Waals surface area contributed by atoms with Crippen molar-refractivity contribution in [1.29, 1.82) is 4.78 Å². The van der Waals surface area contributed by atoms with Crippen LogP contribution in [0.4, 0.5) is 8.78 Å². The van der Waals surface area contributed by atoms with Gasteiger partial charge >= 0.3 is 5.76 Å². The summed E-state index contributed by atoms with van der Waals surface area (Å²) in [5.74, 6) is -3.17. The van der Waals surface area contributed by atoms with E-state index in [9.17, 15) is 13.0 Å². The highest BCUT2D eigenvalue weighted by Crippen LogP contribution is 2.16. The van der Waals surface area contributed by atoms with E-state index in [4.69, 9.17) is 4.78 Å². The van der Waals surface area contributed by atoms with Gasteiger partial charge in [0.1, 0.15) is 9.73 Å². The Morgan fingerprint density at radius 2 is 2.36 bits per heavy atom. The highest BCUT2D eigenvalue weighted by molar-refractivity contribution is 7.92. The number of alkyl halides is 2. The third-order valence-corrected chi connectivity index (χ3v) is 2.50. The molecule has 1 unspecified atom stereocenters. The molecule has 2 N–H and O–H groups in total. The first-order valence-corrected chi connectivity index (χ1v) is 4.22. The fourth-order valence-corrected chi connectivity index (χ4v) is 1.15. The number of rotatable bonds is 2. The van der Waals surface area contributed by atoms with Gasteiger partial charge < -0.3 is 0 Å². The van der Waals surface area contributed by atoms with Gasteiger partial charge in [-0.15, -0.1) is 0 Å². The van der Waals surface area contributed by atoms with Crippen LogP contribution in [0.1, 0.15) is 0 Å².